The number of aromatic nitrogens is 2. The Morgan fingerprint density at radius 1 is 1.35 bits per heavy atom. The van der Waals surface area contributed by atoms with Gasteiger partial charge >= 0.3 is 0 Å². The van der Waals surface area contributed by atoms with Crippen molar-refractivity contribution in [2.24, 2.45) is 0 Å². The molecule has 0 radical (unpaired) electrons. The molecule has 106 valence electrons. The Balaban J connectivity index is 1.67. The van der Waals surface area contributed by atoms with Crippen LogP contribution in [-0.2, 0) is 6.54 Å². The van der Waals surface area contributed by atoms with Gasteiger partial charge in [0, 0.05) is 11.6 Å². The number of aromatic amines is 1. The van der Waals surface area contributed by atoms with Crippen LogP contribution in [0.4, 0.5) is 4.39 Å². The molecule has 0 aliphatic heterocycles. The molecule has 2 N–H and O–H groups in total. The van der Waals surface area contributed by atoms with Gasteiger partial charge < -0.3 is 10.3 Å². The molecule has 0 atom stereocenters. The van der Waals surface area contributed by atoms with Crippen LogP contribution >= 0.6 is 15.9 Å². The van der Waals surface area contributed by atoms with E-state index in [1.54, 1.807) is 18.3 Å². The molecule has 20 heavy (non-hydrogen) atoms. The van der Waals surface area contributed by atoms with Crippen molar-refractivity contribution in [3.05, 3.63) is 40.5 Å². The first-order valence-corrected chi connectivity index (χ1v) is 7.74. The number of nitrogens with zero attached hydrogens (tertiary/aromatic N) is 1. The highest BCUT2D eigenvalue weighted by molar-refractivity contribution is 9.10. The van der Waals surface area contributed by atoms with E-state index in [1.165, 1.54) is 31.7 Å². The summed E-state index contributed by atoms with van der Waals surface area (Å²) in [6, 6.07) is 5.60. The van der Waals surface area contributed by atoms with Gasteiger partial charge in [-0.3, -0.25) is 0 Å². The molecule has 0 amide bonds. The minimum Gasteiger partial charge on any atom is -0.341 e. The van der Waals surface area contributed by atoms with Crippen LogP contribution in [-0.4, -0.2) is 16.0 Å². The van der Waals surface area contributed by atoms with Gasteiger partial charge in [-0.2, -0.15) is 0 Å². The van der Waals surface area contributed by atoms with Crippen molar-refractivity contribution >= 4 is 15.9 Å². The maximum Gasteiger partial charge on any atom is 0.137 e. The molecule has 1 aromatic carbocycles. The third kappa shape index (κ3) is 3.10. The lowest BCUT2D eigenvalue weighted by Crippen LogP contribution is -2.25. The highest BCUT2D eigenvalue weighted by Gasteiger charge is 2.14. The first-order chi connectivity index (χ1) is 9.72. The van der Waals surface area contributed by atoms with E-state index >= 15 is 0 Å². The van der Waals surface area contributed by atoms with Gasteiger partial charge in [0.2, 0.25) is 0 Å². The fourth-order valence-corrected chi connectivity index (χ4v) is 3.01. The summed E-state index contributed by atoms with van der Waals surface area (Å²) in [5.74, 6) is 0.670. The van der Waals surface area contributed by atoms with Crippen LogP contribution in [0.1, 0.15) is 31.5 Å². The fourth-order valence-electron chi connectivity index (χ4n) is 2.63. The monoisotopic (exact) mass is 337 g/mol. The van der Waals surface area contributed by atoms with Gasteiger partial charge in [-0.05, 0) is 47.0 Å². The van der Waals surface area contributed by atoms with Gasteiger partial charge in [0.25, 0.3) is 0 Å². The number of H-pyrrole nitrogens is 1. The number of halogens is 2. The number of hydrogen-bond donors (Lipinski definition) is 2. The Morgan fingerprint density at radius 3 is 2.90 bits per heavy atom. The summed E-state index contributed by atoms with van der Waals surface area (Å²) in [4.78, 5) is 7.66. The van der Waals surface area contributed by atoms with E-state index in [9.17, 15) is 4.39 Å². The molecule has 1 aromatic heterocycles. The van der Waals surface area contributed by atoms with E-state index in [1.807, 2.05) is 0 Å². The Hall–Kier alpha value is -1.20. The third-order valence-electron chi connectivity index (χ3n) is 3.77. The van der Waals surface area contributed by atoms with E-state index in [0.717, 1.165) is 23.6 Å². The molecule has 1 aliphatic carbocycles. The molecule has 0 saturated heterocycles. The summed E-state index contributed by atoms with van der Waals surface area (Å²) in [7, 11) is 0. The third-order valence-corrected chi connectivity index (χ3v) is 4.38. The van der Waals surface area contributed by atoms with Crippen LogP contribution in [0.2, 0.25) is 0 Å². The SMILES string of the molecule is Fc1ccc(-c2cnc(CNC3CCCC3)[nH]2)cc1Br. The van der Waals surface area contributed by atoms with Crippen LogP contribution in [0.15, 0.2) is 28.9 Å². The summed E-state index contributed by atoms with van der Waals surface area (Å²) in [5.41, 5.74) is 1.84. The number of hydrogen-bond acceptors (Lipinski definition) is 2. The van der Waals surface area contributed by atoms with Gasteiger partial charge in [0.05, 0.1) is 22.9 Å². The van der Waals surface area contributed by atoms with Gasteiger partial charge in [-0.15, -0.1) is 0 Å². The van der Waals surface area contributed by atoms with Gasteiger partial charge in [0.1, 0.15) is 11.6 Å². The molecule has 1 heterocycles. The van der Waals surface area contributed by atoms with E-state index in [4.69, 9.17) is 0 Å². The minimum atomic E-state index is -0.253. The second kappa shape index (κ2) is 6.06. The van der Waals surface area contributed by atoms with Gasteiger partial charge in [-0.25, -0.2) is 9.37 Å². The van der Waals surface area contributed by atoms with E-state index < -0.39 is 0 Å². The van der Waals surface area contributed by atoms with Crippen molar-refractivity contribution in [1.29, 1.82) is 0 Å². The van der Waals surface area contributed by atoms with Crippen LogP contribution in [0.25, 0.3) is 11.3 Å². The molecule has 1 aliphatic rings. The van der Waals surface area contributed by atoms with Crippen molar-refractivity contribution in [2.75, 3.05) is 0 Å². The zero-order valence-corrected chi connectivity index (χ0v) is 12.7. The molecular formula is C15H17BrFN3. The van der Waals surface area contributed by atoms with Crippen molar-refractivity contribution in [2.45, 2.75) is 38.3 Å². The summed E-state index contributed by atoms with van der Waals surface area (Å²) >= 11 is 3.20. The Bertz CT molecular complexity index is 591. The molecule has 1 fully saturated rings. The fraction of sp³-hybridized carbons (Fsp3) is 0.400. The molecule has 5 heteroatoms. The van der Waals surface area contributed by atoms with Crippen molar-refractivity contribution in [3.63, 3.8) is 0 Å². The summed E-state index contributed by atoms with van der Waals surface area (Å²) in [5, 5.41) is 3.52. The molecule has 0 spiro atoms. The molecular weight excluding hydrogens is 321 g/mol. The van der Waals surface area contributed by atoms with E-state index in [0.29, 0.717) is 10.5 Å². The highest BCUT2D eigenvalue weighted by Crippen LogP contribution is 2.24. The molecule has 1 saturated carbocycles. The average molecular weight is 338 g/mol. The minimum absolute atomic E-state index is 0.253. The number of benzene rings is 1. The summed E-state index contributed by atoms with van der Waals surface area (Å²) in [6.07, 6.45) is 6.97. The standard InChI is InChI=1S/C15H17BrFN3/c16-12-7-10(5-6-13(12)17)14-8-19-15(20-14)9-18-11-3-1-2-4-11/h5-8,11,18H,1-4,9H2,(H,19,20). The smallest absolute Gasteiger partial charge is 0.137 e. The first-order valence-electron chi connectivity index (χ1n) is 6.95. The van der Waals surface area contributed by atoms with Crippen LogP contribution in [0, 0.1) is 5.82 Å². The van der Waals surface area contributed by atoms with Gasteiger partial charge in [-0.1, -0.05) is 12.8 Å². The van der Waals surface area contributed by atoms with Crippen molar-refractivity contribution in [3.8, 4) is 11.3 Å². The van der Waals surface area contributed by atoms with Crippen molar-refractivity contribution in [1.82, 2.24) is 15.3 Å². The zero-order valence-electron chi connectivity index (χ0n) is 11.1. The molecule has 2 aromatic rings. The lowest BCUT2D eigenvalue weighted by atomic mass is 10.2. The van der Waals surface area contributed by atoms with E-state index in [-0.39, 0.29) is 5.82 Å². The number of nitrogens with one attached hydrogen (secondary N) is 2. The van der Waals surface area contributed by atoms with Crippen LogP contribution < -0.4 is 5.32 Å². The topological polar surface area (TPSA) is 40.7 Å². The average Bonchev–Trinajstić information content (AvgIpc) is 3.10. The Morgan fingerprint density at radius 2 is 2.15 bits per heavy atom. The molecule has 0 bridgehead atoms. The lowest BCUT2D eigenvalue weighted by Gasteiger charge is -2.09. The van der Waals surface area contributed by atoms with Gasteiger partial charge in [0.15, 0.2) is 0 Å². The quantitative estimate of drug-likeness (QED) is 0.884. The number of imidazole rings is 1. The normalized spacial score (nSPS) is 15.9. The van der Waals surface area contributed by atoms with E-state index in [2.05, 4.69) is 31.2 Å². The number of rotatable bonds is 4. The maximum absolute atomic E-state index is 13.2. The zero-order chi connectivity index (χ0) is 13.9. The predicted octanol–water partition coefficient (Wildman–Crippen LogP) is 4.01. The van der Waals surface area contributed by atoms with Crippen molar-refractivity contribution < 1.29 is 4.39 Å². The Labute approximate surface area is 126 Å². The van der Waals surface area contributed by atoms with Crippen LogP contribution in [0.5, 0.6) is 0 Å². The second-order valence-electron chi connectivity index (χ2n) is 5.23. The highest BCUT2D eigenvalue weighted by atomic mass is 79.9. The van der Waals surface area contributed by atoms with Crippen LogP contribution in [0.3, 0.4) is 0 Å². The summed E-state index contributed by atoms with van der Waals surface area (Å²) < 4.78 is 13.7. The molecule has 3 nitrogen and oxygen atoms in total. The summed E-state index contributed by atoms with van der Waals surface area (Å²) in [6.45, 7) is 0.757. The lowest BCUT2D eigenvalue weighted by molar-refractivity contribution is 0.515. The predicted molar refractivity (Wildman–Crippen MR) is 80.8 cm³/mol. The largest absolute Gasteiger partial charge is 0.341 e. The Kier molecular flexibility index (Phi) is 4.17. The maximum atomic E-state index is 13.2. The molecule has 0 unspecified atom stereocenters. The second-order valence-corrected chi connectivity index (χ2v) is 6.09. The molecule has 3 rings (SSSR count). The first kappa shape index (κ1) is 13.8.